The topological polar surface area (TPSA) is 72.5 Å². The molecule has 140 valence electrons. The number of benzene rings is 2. The number of amides is 1. The number of sulfone groups is 1. The van der Waals surface area contributed by atoms with Crippen molar-refractivity contribution in [3.8, 4) is 5.75 Å². The Kier molecular flexibility index (Phi) is 6.42. The SMILES string of the molecule is CC[C@@H](NC(=O)[C@H](C)Oc1ccc(C)cc1)c1ccc(S(C)(=O)=O)cc1. The highest BCUT2D eigenvalue weighted by Crippen LogP contribution is 2.20. The van der Waals surface area contributed by atoms with Gasteiger partial charge in [0, 0.05) is 6.26 Å². The molecule has 2 rings (SSSR count). The van der Waals surface area contributed by atoms with Crippen LogP contribution in [0.3, 0.4) is 0 Å². The van der Waals surface area contributed by atoms with Crippen LogP contribution in [0.1, 0.15) is 37.4 Å². The molecule has 2 atom stereocenters. The molecule has 0 aliphatic heterocycles. The number of ether oxygens (including phenoxy) is 1. The zero-order chi connectivity index (χ0) is 19.3. The Bertz CT molecular complexity index is 842. The van der Waals surface area contributed by atoms with Crippen molar-refractivity contribution in [3.63, 3.8) is 0 Å². The Morgan fingerprint density at radius 1 is 1.08 bits per heavy atom. The zero-order valence-corrected chi connectivity index (χ0v) is 16.3. The third-order valence-corrected chi connectivity index (χ3v) is 5.27. The summed E-state index contributed by atoms with van der Waals surface area (Å²) in [5.74, 6) is 0.424. The fourth-order valence-electron chi connectivity index (χ4n) is 2.53. The number of hydrogen-bond donors (Lipinski definition) is 1. The number of rotatable bonds is 7. The molecule has 0 spiro atoms. The van der Waals surface area contributed by atoms with E-state index in [4.69, 9.17) is 4.74 Å². The number of carbonyl (C=O) groups excluding carboxylic acids is 1. The maximum absolute atomic E-state index is 12.5. The molecule has 2 aromatic carbocycles. The second-order valence-corrected chi connectivity index (χ2v) is 8.40. The molecule has 26 heavy (non-hydrogen) atoms. The molecule has 0 aliphatic carbocycles. The van der Waals surface area contributed by atoms with Gasteiger partial charge in [-0.1, -0.05) is 36.8 Å². The second kappa shape index (κ2) is 8.36. The van der Waals surface area contributed by atoms with Gasteiger partial charge in [0.2, 0.25) is 0 Å². The zero-order valence-electron chi connectivity index (χ0n) is 15.5. The Morgan fingerprint density at radius 3 is 2.15 bits per heavy atom. The van der Waals surface area contributed by atoms with Gasteiger partial charge in [0.05, 0.1) is 10.9 Å². The second-order valence-electron chi connectivity index (χ2n) is 6.38. The average Bonchev–Trinajstić information content (AvgIpc) is 2.60. The van der Waals surface area contributed by atoms with Crippen LogP contribution < -0.4 is 10.1 Å². The summed E-state index contributed by atoms with van der Waals surface area (Å²) in [5.41, 5.74) is 1.98. The van der Waals surface area contributed by atoms with Crippen LogP contribution in [0, 0.1) is 6.92 Å². The largest absolute Gasteiger partial charge is 0.481 e. The molecule has 0 aromatic heterocycles. The van der Waals surface area contributed by atoms with Crippen LogP contribution in [0.2, 0.25) is 0 Å². The van der Waals surface area contributed by atoms with E-state index < -0.39 is 15.9 Å². The van der Waals surface area contributed by atoms with Crippen molar-refractivity contribution in [3.05, 3.63) is 59.7 Å². The minimum absolute atomic E-state index is 0.208. The van der Waals surface area contributed by atoms with E-state index in [-0.39, 0.29) is 16.8 Å². The van der Waals surface area contributed by atoms with Gasteiger partial charge in [0.25, 0.3) is 5.91 Å². The third-order valence-electron chi connectivity index (χ3n) is 4.14. The fourth-order valence-corrected chi connectivity index (χ4v) is 3.16. The molecule has 0 unspecified atom stereocenters. The molecule has 0 bridgehead atoms. The van der Waals surface area contributed by atoms with E-state index in [2.05, 4.69) is 5.32 Å². The summed E-state index contributed by atoms with van der Waals surface area (Å²) in [5, 5.41) is 2.96. The predicted molar refractivity (Wildman–Crippen MR) is 102 cm³/mol. The lowest BCUT2D eigenvalue weighted by Gasteiger charge is -2.21. The predicted octanol–water partition coefficient (Wildman–Crippen LogP) is 3.43. The van der Waals surface area contributed by atoms with Crippen LogP contribution in [0.15, 0.2) is 53.4 Å². The van der Waals surface area contributed by atoms with Crippen LogP contribution >= 0.6 is 0 Å². The summed E-state index contributed by atoms with van der Waals surface area (Å²) in [4.78, 5) is 12.7. The van der Waals surface area contributed by atoms with Crippen molar-refractivity contribution in [2.75, 3.05) is 6.26 Å². The summed E-state index contributed by atoms with van der Waals surface area (Å²) in [7, 11) is -3.23. The number of aryl methyl sites for hydroxylation is 1. The van der Waals surface area contributed by atoms with Gasteiger partial charge in [-0.25, -0.2) is 8.42 Å². The lowest BCUT2D eigenvalue weighted by atomic mass is 10.0. The standard InChI is InChI=1S/C20H25NO4S/c1-5-19(16-8-12-18(13-9-16)26(4,23)24)21-20(22)15(3)25-17-10-6-14(2)7-11-17/h6-13,15,19H,5H2,1-4H3,(H,21,22)/t15-,19+/m0/s1. The van der Waals surface area contributed by atoms with Gasteiger partial charge >= 0.3 is 0 Å². The van der Waals surface area contributed by atoms with Crippen molar-refractivity contribution in [1.82, 2.24) is 5.32 Å². The molecule has 0 aliphatic rings. The van der Waals surface area contributed by atoms with Crippen LogP contribution in [0.5, 0.6) is 5.75 Å². The maximum atomic E-state index is 12.5. The molecule has 0 saturated heterocycles. The fraction of sp³-hybridized carbons (Fsp3) is 0.350. The molecule has 5 nitrogen and oxygen atoms in total. The van der Waals surface area contributed by atoms with Crippen molar-refractivity contribution in [1.29, 1.82) is 0 Å². The summed E-state index contributed by atoms with van der Waals surface area (Å²) < 4.78 is 28.8. The first kappa shape index (κ1) is 20.0. The molecular weight excluding hydrogens is 350 g/mol. The Hall–Kier alpha value is -2.34. The summed E-state index contributed by atoms with van der Waals surface area (Å²) in [6.07, 6.45) is 1.22. The highest BCUT2D eigenvalue weighted by atomic mass is 32.2. The lowest BCUT2D eigenvalue weighted by Crippen LogP contribution is -2.38. The number of carbonyl (C=O) groups is 1. The van der Waals surface area contributed by atoms with Gasteiger partial charge in [-0.3, -0.25) is 4.79 Å². The molecule has 1 N–H and O–H groups in total. The highest BCUT2D eigenvalue weighted by Gasteiger charge is 2.19. The highest BCUT2D eigenvalue weighted by molar-refractivity contribution is 7.90. The number of nitrogens with one attached hydrogen (secondary N) is 1. The first-order valence-corrected chi connectivity index (χ1v) is 10.4. The average molecular weight is 375 g/mol. The van der Waals surface area contributed by atoms with Gasteiger partial charge in [0.1, 0.15) is 5.75 Å². The van der Waals surface area contributed by atoms with E-state index in [1.54, 1.807) is 31.2 Å². The van der Waals surface area contributed by atoms with Crippen LogP contribution in [-0.4, -0.2) is 26.7 Å². The van der Waals surface area contributed by atoms with Crippen molar-refractivity contribution in [2.24, 2.45) is 0 Å². The van der Waals surface area contributed by atoms with Crippen LogP contribution in [0.4, 0.5) is 0 Å². The Balaban J connectivity index is 2.04. The molecule has 0 fully saturated rings. The van der Waals surface area contributed by atoms with E-state index in [1.807, 2.05) is 38.1 Å². The summed E-state index contributed by atoms with van der Waals surface area (Å²) in [6, 6.07) is 13.9. The summed E-state index contributed by atoms with van der Waals surface area (Å²) in [6.45, 7) is 5.65. The van der Waals surface area contributed by atoms with Gasteiger partial charge in [0.15, 0.2) is 15.9 Å². The van der Waals surface area contributed by atoms with E-state index >= 15 is 0 Å². The van der Waals surface area contributed by atoms with Crippen LogP contribution in [-0.2, 0) is 14.6 Å². The van der Waals surface area contributed by atoms with E-state index in [0.29, 0.717) is 12.2 Å². The molecule has 6 heteroatoms. The molecular formula is C20H25NO4S. The quantitative estimate of drug-likeness (QED) is 0.805. The van der Waals surface area contributed by atoms with E-state index in [9.17, 15) is 13.2 Å². The van der Waals surface area contributed by atoms with Crippen molar-refractivity contribution >= 4 is 15.7 Å². The smallest absolute Gasteiger partial charge is 0.261 e. The van der Waals surface area contributed by atoms with Crippen molar-refractivity contribution < 1.29 is 17.9 Å². The third kappa shape index (κ3) is 5.33. The van der Waals surface area contributed by atoms with Gasteiger partial charge < -0.3 is 10.1 Å². The molecule has 1 amide bonds. The Labute approximate surface area is 155 Å². The minimum Gasteiger partial charge on any atom is -0.481 e. The van der Waals surface area contributed by atoms with E-state index in [1.165, 1.54) is 6.26 Å². The maximum Gasteiger partial charge on any atom is 0.261 e. The molecule has 0 radical (unpaired) electrons. The summed E-state index contributed by atoms with van der Waals surface area (Å²) >= 11 is 0. The van der Waals surface area contributed by atoms with Crippen LogP contribution in [0.25, 0.3) is 0 Å². The van der Waals surface area contributed by atoms with Gasteiger partial charge in [-0.2, -0.15) is 0 Å². The first-order valence-electron chi connectivity index (χ1n) is 8.54. The van der Waals surface area contributed by atoms with Crippen molar-refractivity contribution in [2.45, 2.75) is 44.2 Å². The molecule has 0 saturated carbocycles. The lowest BCUT2D eigenvalue weighted by molar-refractivity contribution is -0.128. The normalized spacial score (nSPS) is 13.7. The van der Waals surface area contributed by atoms with E-state index in [0.717, 1.165) is 11.1 Å². The molecule has 2 aromatic rings. The van der Waals surface area contributed by atoms with Gasteiger partial charge in [-0.05, 0) is 50.1 Å². The monoisotopic (exact) mass is 375 g/mol. The minimum atomic E-state index is -3.23. The molecule has 0 heterocycles. The first-order chi connectivity index (χ1) is 12.2. The Morgan fingerprint density at radius 2 is 1.65 bits per heavy atom. The number of hydrogen-bond acceptors (Lipinski definition) is 4. The van der Waals surface area contributed by atoms with Gasteiger partial charge in [-0.15, -0.1) is 0 Å².